The van der Waals surface area contributed by atoms with Crippen molar-refractivity contribution in [2.45, 2.75) is 6.92 Å². The van der Waals surface area contributed by atoms with Gasteiger partial charge in [0, 0.05) is 12.1 Å². The molecule has 0 heterocycles. The highest BCUT2D eigenvalue weighted by molar-refractivity contribution is 7.81. The fraction of sp³-hybridized carbons (Fsp3) is 0.125. The van der Waals surface area contributed by atoms with E-state index in [9.17, 15) is 0 Å². The second kappa shape index (κ2) is 7.66. The lowest BCUT2D eigenvalue weighted by Gasteiger charge is -1.97. The molecule has 0 saturated carbocycles. The summed E-state index contributed by atoms with van der Waals surface area (Å²) < 4.78 is 0. The molecule has 0 amide bonds. The number of halogens is 4. The molecule has 1 rings (SSSR count). The Hall–Kier alpha value is 0.402. The normalized spacial score (nSPS) is 9.21. The highest BCUT2D eigenvalue weighted by Gasteiger charge is 2.14. The molecular formula is C8H8AlCl4N. The summed E-state index contributed by atoms with van der Waals surface area (Å²) in [6, 6.07) is 12.5. The Balaban J connectivity index is 0.000000292. The van der Waals surface area contributed by atoms with E-state index in [1.54, 1.807) is 6.92 Å². The van der Waals surface area contributed by atoms with E-state index in [0.717, 1.165) is 5.69 Å². The molecule has 0 aliphatic rings. The first-order valence-electron chi connectivity index (χ1n) is 3.73. The predicted molar refractivity (Wildman–Crippen MR) is 68.2 cm³/mol. The van der Waals surface area contributed by atoms with Crippen LogP contribution in [0.1, 0.15) is 6.92 Å². The lowest BCUT2D eigenvalue weighted by Crippen LogP contribution is -1.91. The molecule has 0 aromatic heterocycles. The Kier molecular flexibility index (Phi) is 7.88. The third kappa shape index (κ3) is 12.4. The maximum absolute atomic E-state index is 4.99. The van der Waals surface area contributed by atoms with Crippen LogP contribution in [0.3, 0.4) is 0 Å². The third-order valence-electron chi connectivity index (χ3n) is 0.997. The van der Waals surface area contributed by atoms with Gasteiger partial charge in [-0.3, -0.25) is 0 Å². The Morgan fingerprint density at radius 1 is 1.07 bits per heavy atom. The Morgan fingerprint density at radius 2 is 1.50 bits per heavy atom. The summed E-state index contributed by atoms with van der Waals surface area (Å²) in [7, 11) is 17.0. The van der Waals surface area contributed by atoms with Crippen molar-refractivity contribution in [3.63, 3.8) is 0 Å². The number of rotatable bonds is 0. The van der Waals surface area contributed by atoms with E-state index in [-0.39, 0.29) is 0 Å². The molecule has 76 valence electrons. The summed E-state index contributed by atoms with van der Waals surface area (Å²) in [5, 5.41) is 0. The molecule has 0 radical (unpaired) electrons. The van der Waals surface area contributed by atoms with E-state index in [1.807, 2.05) is 30.3 Å². The lowest BCUT2D eigenvalue weighted by atomic mass is 10.3. The molecule has 14 heavy (non-hydrogen) atoms. The summed E-state index contributed by atoms with van der Waals surface area (Å²) in [5.74, 6) is 0. The van der Waals surface area contributed by atoms with Crippen LogP contribution in [0.4, 0.5) is 5.69 Å². The van der Waals surface area contributed by atoms with E-state index >= 15 is 0 Å². The van der Waals surface area contributed by atoms with Crippen LogP contribution < -0.4 is 0 Å². The van der Waals surface area contributed by atoms with Crippen LogP contribution in [0.2, 0.25) is 0 Å². The van der Waals surface area contributed by atoms with Crippen molar-refractivity contribution in [1.29, 1.82) is 0 Å². The molecule has 1 aromatic rings. The van der Waals surface area contributed by atoms with Gasteiger partial charge in [-0.05, 0) is 4.85 Å². The molecule has 0 unspecified atom stereocenters. The first-order valence-corrected chi connectivity index (χ1v) is 10.7. The second-order valence-corrected chi connectivity index (χ2v) is 15.0. The van der Waals surface area contributed by atoms with Crippen LogP contribution in [0.15, 0.2) is 30.3 Å². The van der Waals surface area contributed by atoms with Gasteiger partial charge in [0.25, 0.3) is 6.07 Å². The van der Waals surface area contributed by atoms with Crippen molar-refractivity contribution in [1.82, 2.24) is 0 Å². The van der Waals surface area contributed by atoms with Crippen LogP contribution in [-0.2, 0) is 0 Å². The maximum Gasteiger partial charge on any atom is 0.564 e. The van der Waals surface area contributed by atoms with Crippen molar-refractivity contribution < 1.29 is 0 Å². The first-order chi connectivity index (χ1) is 6.43. The minimum atomic E-state index is -2.94. The fourth-order valence-corrected chi connectivity index (χ4v) is 0.632. The first kappa shape index (κ1) is 14.4. The minimum absolute atomic E-state index is 0.958. The smallest absolute Gasteiger partial charge is 0.391 e. The van der Waals surface area contributed by atoms with Gasteiger partial charge >= 0.3 is 15.1 Å². The molecule has 0 aliphatic carbocycles. The van der Waals surface area contributed by atoms with Crippen LogP contribution >= 0.6 is 40.2 Å². The molecule has 0 fully saturated rings. The number of para-hydroxylation sites is 1. The largest absolute Gasteiger partial charge is 0.564 e. The van der Waals surface area contributed by atoms with E-state index in [0.29, 0.717) is 0 Å². The van der Waals surface area contributed by atoms with Gasteiger partial charge in [0.1, 0.15) is 0 Å². The van der Waals surface area contributed by atoms with Gasteiger partial charge in [0.15, 0.2) is 0 Å². The lowest BCUT2D eigenvalue weighted by molar-refractivity contribution is 1.71. The summed E-state index contributed by atoms with van der Waals surface area (Å²) in [6.07, 6.45) is 0. The highest BCUT2D eigenvalue weighted by Crippen LogP contribution is 2.23. The molecule has 1 aromatic carbocycles. The van der Waals surface area contributed by atoms with Gasteiger partial charge in [-0.2, -0.15) is 0 Å². The number of hydrogen-bond acceptors (Lipinski definition) is 0. The molecule has 0 N–H and O–H groups in total. The summed E-state index contributed by atoms with van der Waals surface area (Å²) in [5.41, 5.74) is 0.958. The molecule has 1 nitrogen and oxygen atoms in total. The number of hydrogen-bond donors (Lipinski definition) is 0. The molecular weight excluding hydrogens is 279 g/mol. The summed E-state index contributed by atoms with van der Waals surface area (Å²) in [6.45, 7) is 1.78. The standard InChI is InChI=1S/C8H8N.Al.4ClH/c1-2-9-8-6-4-3-5-7-8;;;;;/h3-7H,1H3;;4*1H/q+1;+3;;;;/p-4. The maximum atomic E-state index is 4.99. The van der Waals surface area contributed by atoms with Crippen LogP contribution in [0.25, 0.3) is 4.85 Å². The van der Waals surface area contributed by atoms with Gasteiger partial charge in [-0.25, -0.2) is 0 Å². The zero-order valence-electron chi connectivity index (χ0n) is 7.42. The fourth-order valence-electron chi connectivity index (χ4n) is 0.632. The van der Waals surface area contributed by atoms with Crippen molar-refractivity contribution >= 4 is 55.3 Å². The third-order valence-corrected chi connectivity index (χ3v) is 0.997. The average molecular weight is 287 g/mol. The van der Waals surface area contributed by atoms with Crippen molar-refractivity contribution in [2.75, 3.05) is 0 Å². The molecule has 0 aliphatic heterocycles. The molecule has 0 spiro atoms. The zero-order valence-corrected chi connectivity index (χ0v) is 11.6. The monoisotopic (exact) mass is 285 g/mol. The second-order valence-electron chi connectivity index (χ2n) is 2.17. The van der Waals surface area contributed by atoms with Gasteiger partial charge in [0.2, 0.25) is 0 Å². The van der Waals surface area contributed by atoms with Gasteiger partial charge < -0.3 is 40.2 Å². The molecule has 6 heteroatoms. The Bertz CT molecular complexity index is 306. The SMILES string of the molecule is CC#[N+]c1ccccc1.[Cl][Al-]([Cl])([Cl])[Cl]. The topological polar surface area (TPSA) is 4.36 Å². The van der Waals surface area contributed by atoms with Gasteiger partial charge in [-0.1, -0.05) is 18.2 Å². The van der Waals surface area contributed by atoms with Crippen molar-refractivity contribution in [3.05, 3.63) is 35.2 Å². The Morgan fingerprint density at radius 3 is 1.86 bits per heavy atom. The van der Waals surface area contributed by atoms with Crippen LogP contribution in [0, 0.1) is 6.07 Å². The van der Waals surface area contributed by atoms with Crippen molar-refractivity contribution in [3.8, 4) is 6.07 Å². The van der Waals surface area contributed by atoms with Crippen LogP contribution in [0.5, 0.6) is 0 Å². The van der Waals surface area contributed by atoms with Crippen LogP contribution in [-0.4, -0.2) is 9.39 Å². The minimum Gasteiger partial charge on any atom is -0.391 e. The van der Waals surface area contributed by atoms with Gasteiger partial charge in [-0.15, -0.1) is 0 Å². The number of benzene rings is 1. The quantitative estimate of drug-likeness (QED) is 0.588. The average Bonchev–Trinajstić information content (AvgIpc) is 2.03. The molecule has 0 atom stereocenters. The van der Waals surface area contributed by atoms with Gasteiger partial charge in [0.05, 0.1) is 6.92 Å². The predicted octanol–water partition coefficient (Wildman–Crippen LogP) is 5.05. The number of nitrogens with zero attached hydrogens (tertiary/aromatic N) is 1. The highest BCUT2D eigenvalue weighted by atomic mass is 35.9. The van der Waals surface area contributed by atoms with E-state index in [1.165, 1.54) is 0 Å². The molecule has 0 bridgehead atoms. The zero-order chi connectivity index (χ0) is 11.0. The van der Waals surface area contributed by atoms with E-state index < -0.39 is 9.39 Å². The Labute approximate surface area is 103 Å². The van der Waals surface area contributed by atoms with E-state index in [2.05, 4.69) is 10.9 Å². The van der Waals surface area contributed by atoms with E-state index in [4.69, 9.17) is 40.2 Å². The molecule has 0 saturated heterocycles. The van der Waals surface area contributed by atoms with Crippen molar-refractivity contribution in [2.24, 2.45) is 0 Å². The summed E-state index contributed by atoms with van der Waals surface area (Å²) in [4.78, 5) is 3.96. The summed E-state index contributed by atoms with van der Waals surface area (Å²) >= 11 is 0.